The SMILES string of the molecule is Cl.Cl.O=C(NO)/C(F)=C\c1cnc(N[C@@H]2CCCN(CC3CCCCC3)C2)c(Cl)c1. The maximum absolute atomic E-state index is 13.5. The smallest absolute Gasteiger partial charge is 0.303 e. The van der Waals surface area contributed by atoms with E-state index in [1.54, 1.807) is 6.07 Å². The van der Waals surface area contributed by atoms with E-state index in [1.165, 1.54) is 50.3 Å². The lowest BCUT2D eigenvalue weighted by Crippen LogP contribution is -2.44. The molecule has 0 radical (unpaired) electrons. The van der Waals surface area contributed by atoms with E-state index in [0.717, 1.165) is 37.9 Å². The number of aromatic nitrogens is 1. The van der Waals surface area contributed by atoms with Gasteiger partial charge in [-0.05, 0) is 55.9 Å². The minimum absolute atomic E-state index is 0. The first-order valence-electron chi connectivity index (χ1n) is 10.0. The number of hydroxylamine groups is 1. The van der Waals surface area contributed by atoms with Gasteiger partial charge in [0, 0.05) is 25.3 Å². The normalized spacial score (nSPS) is 20.6. The van der Waals surface area contributed by atoms with Crippen molar-refractivity contribution in [2.75, 3.05) is 25.0 Å². The topological polar surface area (TPSA) is 77.5 Å². The van der Waals surface area contributed by atoms with Crippen molar-refractivity contribution >= 4 is 54.2 Å². The summed E-state index contributed by atoms with van der Waals surface area (Å²) in [6, 6.07) is 1.82. The number of hydrogen-bond donors (Lipinski definition) is 3. The molecule has 2 aliphatic rings. The second-order valence-electron chi connectivity index (χ2n) is 7.78. The highest BCUT2D eigenvalue weighted by molar-refractivity contribution is 6.33. The Kier molecular flexibility index (Phi) is 12.0. The summed E-state index contributed by atoms with van der Waals surface area (Å²) in [4.78, 5) is 17.9. The molecule has 0 aromatic carbocycles. The Hall–Kier alpha value is -1.12. The third-order valence-corrected chi connectivity index (χ3v) is 5.85. The van der Waals surface area contributed by atoms with Crippen LogP contribution in [0.5, 0.6) is 0 Å². The molecule has 170 valence electrons. The van der Waals surface area contributed by atoms with Crippen molar-refractivity contribution < 1.29 is 14.4 Å². The van der Waals surface area contributed by atoms with Gasteiger partial charge in [0.1, 0.15) is 5.82 Å². The Labute approximate surface area is 194 Å². The second kappa shape index (κ2) is 13.3. The molecule has 2 heterocycles. The molecule has 1 atom stereocenters. The number of piperidine rings is 1. The van der Waals surface area contributed by atoms with Gasteiger partial charge in [-0.3, -0.25) is 10.0 Å². The summed E-state index contributed by atoms with van der Waals surface area (Å²) in [5.41, 5.74) is 1.59. The molecule has 1 saturated carbocycles. The molecule has 3 rings (SSSR count). The standard InChI is InChI=1S/C20H28ClFN4O2.2ClH/c21-17-9-15(10-18(22)20(27)25-28)11-23-19(17)24-16-7-4-8-26(13-16)12-14-5-2-1-3-6-14;;/h9-11,14,16,28H,1-8,12-13H2,(H,23,24)(H,25,27);2*1H/b18-10+;;/t16-;;/m1../s1. The first kappa shape index (κ1) is 26.9. The fraction of sp³-hybridized carbons (Fsp3) is 0.600. The molecule has 1 saturated heterocycles. The Bertz CT molecular complexity index is 717. The summed E-state index contributed by atoms with van der Waals surface area (Å²) >= 11 is 6.30. The fourth-order valence-corrected chi connectivity index (χ4v) is 4.40. The molecule has 30 heavy (non-hydrogen) atoms. The van der Waals surface area contributed by atoms with Crippen molar-refractivity contribution in [3.05, 3.63) is 28.7 Å². The van der Waals surface area contributed by atoms with Crippen LogP contribution in [0, 0.1) is 5.92 Å². The lowest BCUT2D eigenvalue weighted by atomic mass is 9.88. The van der Waals surface area contributed by atoms with Crippen LogP contribution in [0.1, 0.15) is 50.5 Å². The van der Waals surface area contributed by atoms with Crippen LogP contribution in [0.15, 0.2) is 18.1 Å². The molecule has 1 aromatic rings. The third-order valence-electron chi connectivity index (χ3n) is 5.56. The monoisotopic (exact) mass is 482 g/mol. The highest BCUT2D eigenvalue weighted by atomic mass is 35.5. The van der Waals surface area contributed by atoms with Crippen molar-refractivity contribution in [1.29, 1.82) is 0 Å². The van der Waals surface area contributed by atoms with E-state index in [9.17, 15) is 9.18 Å². The van der Waals surface area contributed by atoms with Crippen LogP contribution in [0.3, 0.4) is 0 Å². The number of anilines is 1. The lowest BCUT2D eigenvalue weighted by molar-refractivity contribution is -0.126. The summed E-state index contributed by atoms with van der Waals surface area (Å²) in [5, 5.41) is 12.2. The number of likely N-dealkylation sites (tertiary alicyclic amines) is 1. The average molecular weight is 484 g/mol. The molecule has 0 unspecified atom stereocenters. The molecule has 6 nitrogen and oxygen atoms in total. The Balaban J connectivity index is 0.00000225. The summed E-state index contributed by atoms with van der Waals surface area (Å²) in [5.74, 6) is -0.938. The minimum atomic E-state index is -1.21. The highest BCUT2D eigenvalue weighted by Crippen LogP contribution is 2.27. The zero-order valence-electron chi connectivity index (χ0n) is 16.8. The van der Waals surface area contributed by atoms with E-state index in [2.05, 4.69) is 15.2 Å². The van der Waals surface area contributed by atoms with Crippen LogP contribution in [0.4, 0.5) is 10.2 Å². The maximum atomic E-state index is 13.5. The Morgan fingerprint density at radius 3 is 2.67 bits per heavy atom. The number of carbonyl (C=O) groups is 1. The Morgan fingerprint density at radius 2 is 2.00 bits per heavy atom. The average Bonchev–Trinajstić information content (AvgIpc) is 2.70. The highest BCUT2D eigenvalue weighted by Gasteiger charge is 2.24. The molecular formula is C20H30Cl3FN4O2. The number of nitrogens with one attached hydrogen (secondary N) is 2. The second-order valence-corrected chi connectivity index (χ2v) is 8.19. The molecule has 1 aliphatic carbocycles. The van der Waals surface area contributed by atoms with Crippen molar-refractivity contribution in [3.63, 3.8) is 0 Å². The van der Waals surface area contributed by atoms with Crippen molar-refractivity contribution in [1.82, 2.24) is 15.4 Å². The van der Waals surface area contributed by atoms with E-state index in [1.807, 2.05) is 0 Å². The van der Waals surface area contributed by atoms with Crippen LogP contribution in [0.25, 0.3) is 6.08 Å². The number of nitrogens with zero attached hydrogens (tertiary/aromatic N) is 2. The number of amides is 1. The lowest BCUT2D eigenvalue weighted by Gasteiger charge is -2.36. The zero-order valence-corrected chi connectivity index (χ0v) is 19.2. The summed E-state index contributed by atoms with van der Waals surface area (Å²) in [6.45, 7) is 3.29. The number of pyridine rings is 1. The largest absolute Gasteiger partial charge is 0.365 e. The molecule has 0 spiro atoms. The summed E-state index contributed by atoms with van der Waals surface area (Å²) in [7, 11) is 0. The van der Waals surface area contributed by atoms with Gasteiger partial charge in [0.15, 0.2) is 5.83 Å². The maximum Gasteiger partial charge on any atom is 0.303 e. The first-order valence-corrected chi connectivity index (χ1v) is 10.4. The first-order chi connectivity index (χ1) is 13.5. The zero-order chi connectivity index (χ0) is 19.9. The third kappa shape index (κ3) is 7.85. The quantitative estimate of drug-likeness (QED) is 0.306. The van der Waals surface area contributed by atoms with Gasteiger partial charge in [0.05, 0.1) is 5.02 Å². The molecule has 1 aliphatic heterocycles. The number of halogens is 4. The van der Waals surface area contributed by atoms with Gasteiger partial charge in [-0.2, -0.15) is 0 Å². The van der Waals surface area contributed by atoms with Crippen LogP contribution in [0.2, 0.25) is 5.02 Å². The summed E-state index contributed by atoms with van der Waals surface area (Å²) in [6.07, 6.45) is 11.4. The van der Waals surface area contributed by atoms with Gasteiger partial charge in [-0.25, -0.2) is 14.9 Å². The molecule has 3 N–H and O–H groups in total. The number of carbonyl (C=O) groups excluding carboxylic acids is 1. The van der Waals surface area contributed by atoms with Crippen molar-refractivity contribution in [3.8, 4) is 0 Å². The van der Waals surface area contributed by atoms with Gasteiger partial charge in [-0.1, -0.05) is 30.9 Å². The summed E-state index contributed by atoms with van der Waals surface area (Å²) < 4.78 is 13.5. The molecule has 0 bridgehead atoms. The predicted molar refractivity (Wildman–Crippen MR) is 122 cm³/mol. The Morgan fingerprint density at radius 1 is 1.27 bits per heavy atom. The van der Waals surface area contributed by atoms with Crippen LogP contribution in [-0.4, -0.2) is 46.7 Å². The molecule has 10 heteroatoms. The number of hydrogen-bond acceptors (Lipinski definition) is 5. The van der Waals surface area contributed by atoms with E-state index in [4.69, 9.17) is 16.8 Å². The van der Waals surface area contributed by atoms with Gasteiger partial charge < -0.3 is 10.2 Å². The van der Waals surface area contributed by atoms with Gasteiger partial charge in [0.25, 0.3) is 0 Å². The fourth-order valence-electron chi connectivity index (χ4n) is 4.17. The molecule has 1 aromatic heterocycles. The molecular weight excluding hydrogens is 454 g/mol. The van der Waals surface area contributed by atoms with Crippen LogP contribution in [-0.2, 0) is 4.79 Å². The van der Waals surface area contributed by atoms with Crippen molar-refractivity contribution in [2.24, 2.45) is 5.92 Å². The van der Waals surface area contributed by atoms with Gasteiger partial charge in [0.2, 0.25) is 0 Å². The molecule has 2 fully saturated rings. The van der Waals surface area contributed by atoms with Gasteiger partial charge in [-0.15, -0.1) is 24.8 Å². The number of rotatable bonds is 6. The van der Waals surface area contributed by atoms with Crippen LogP contribution >= 0.6 is 36.4 Å². The predicted octanol–water partition coefficient (Wildman–Crippen LogP) is 4.85. The van der Waals surface area contributed by atoms with E-state index in [0.29, 0.717) is 16.4 Å². The van der Waals surface area contributed by atoms with Crippen molar-refractivity contribution in [2.45, 2.75) is 51.0 Å². The minimum Gasteiger partial charge on any atom is -0.365 e. The van der Waals surface area contributed by atoms with E-state index >= 15 is 0 Å². The van der Waals surface area contributed by atoms with E-state index < -0.39 is 11.7 Å². The van der Waals surface area contributed by atoms with Gasteiger partial charge >= 0.3 is 5.91 Å². The molecule has 1 amide bonds. The van der Waals surface area contributed by atoms with E-state index in [-0.39, 0.29) is 30.9 Å². The van der Waals surface area contributed by atoms with Crippen LogP contribution < -0.4 is 10.8 Å².